The zero-order valence-corrected chi connectivity index (χ0v) is 11.3. The maximum absolute atomic E-state index is 13.7. The predicted molar refractivity (Wildman–Crippen MR) is 76.0 cm³/mol. The molecule has 98 valence electrons. The Kier molecular flexibility index (Phi) is 3.54. The molecule has 0 aromatic heterocycles. The molecule has 19 heavy (non-hydrogen) atoms. The molecule has 3 heteroatoms. The molecule has 0 fully saturated rings. The number of rotatable bonds is 4. The summed E-state index contributed by atoms with van der Waals surface area (Å²) in [5.74, 6) is 0.240. The number of hydrogen-bond donors (Lipinski definition) is 1. The van der Waals surface area contributed by atoms with Gasteiger partial charge in [0.25, 0.3) is 0 Å². The standard InChI is InChI=1S/C16H15ClFN/c17-15-7-3-5-12(16(15)18)9-19-10-13-8-11-4-1-2-6-14(11)13/h1-7,13,19H,8-10H2. The van der Waals surface area contributed by atoms with E-state index in [2.05, 4.69) is 29.6 Å². The largest absolute Gasteiger partial charge is 0.312 e. The molecular formula is C16H15ClFN. The van der Waals surface area contributed by atoms with Crippen molar-refractivity contribution in [3.05, 3.63) is 70.0 Å². The Morgan fingerprint density at radius 3 is 2.84 bits per heavy atom. The van der Waals surface area contributed by atoms with E-state index in [9.17, 15) is 4.39 Å². The first kappa shape index (κ1) is 12.6. The van der Waals surface area contributed by atoms with Crippen LogP contribution in [0.2, 0.25) is 5.02 Å². The summed E-state index contributed by atoms with van der Waals surface area (Å²) in [5.41, 5.74) is 3.48. The van der Waals surface area contributed by atoms with Crippen molar-refractivity contribution in [2.75, 3.05) is 6.54 Å². The van der Waals surface area contributed by atoms with Gasteiger partial charge in [0, 0.05) is 24.6 Å². The van der Waals surface area contributed by atoms with E-state index in [0.717, 1.165) is 13.0 Å². The minimum atomic E-state index is -0.314. The van der Waals surface area contributed by atoms with Crippen LogP contribution in [0.4, 0.5) is 4.39 Å². The molecule has 0 radical (unpaired) electrons. The van der Waals surface area contributed by atoms with Gasteiger partial charge in [-0.25, -0.2) is 4.39 Å². The third-order valence-electron chi connectivity index (χ3n) is 3.70. The van der Waals surface area contributed by atoms with Gasteiger partial charge in [-0.1, -0.05) is 48.0 Å². The van der Waals surface area contributed by atoms with Crippen LogP contribution in [0.15, 0.2) is 42.5 Å². The van der Waals surface area contributed by atoms with Crippen molar-refractivity contribution >= 4 is 11.6 Å². The molecule has 1 aliphatic carbocycles. The van der Waals surface area contributed by atoms with Crippen LogP contribution in [0, 0.1) is 5.82 Å². The molecule has 0 saturated heterocycles. The summed E-state index contributed by atoms with van der Waals surface area (Å²) in [6.07, 6.45) is 1.11. The van der Waals surface area contributed by atoms with Crippen LogP contribution in [0.1, 0.15) is 22.6 Å². The van der Waals surface area contributed by atoms with Gasteiger partial charge in [-0.15, -0.1) is 0 Å². The lowest BCUT2D eigenvalue weighted by Crippen LogP contribution is -2.29. The van der Waals surface area contributed by atoms with Crippen molar-refractivity contribution in [3.8, 4) is 0 Å². The van der Waals surface area contributed by atoms with Gasteiger partial charge in [0.15, 0.2) is 0 Å². The second-order valence-electron chi connectivity index (χ2n) is 4.94. The molecule has 0 amide bonds. The van der Waals surface area contributed by atoms with Crippen LogP contribution in [-0.2, 0) is 13.0 Å². The molecule has 2 aromatic carbocycles. The fraction of sp³-hybridized carbons (Fsp3) is 0.250. The van der Waals surface area contributed by atoms with Gasteiger partial charge in [-0.3, -0.25) is 0 Å². The van der Waals surface area contributed by atoms with Gasteiger partial charge < -0.3 is 5.32 Å². The number of fused-ring (bicyclic) bond motifs is 1. The molecule has 1 nitrogen and oxygen atoms in total. The Balaban J connectivity index is 1.56. The van der Waals surface area contributed by atoms with Crippen molar-refractivity contribution in [1.29, 1.82) is 0 Å². The van der Waals surface area contributed by atoms with E-state index < -0.39 is 0 Å². The fourth-order valence-electron chi connectivity index (χ4n) is 2.61. The quantitative estimate of drug-likeness (QED) is 0.892. The third kappa shape index (κ3) is 2.51. The highest BCUT2D eigenvalue weighted by atomic mass is 35.5. The predicted octanol–water partition coefficient (Wildman–Crippen LogP) is 3.91. The Labute approximate surface area is 117 Å². The lowest BCUT2D eigenvalue weighted by molar-refractivity contribution is 0.523. The summed E-state index contributed by atoms with van der Waals surface area (Å²) in [5, 5.41) is 3.50. The normalized spacial score (nSPS) is 16.8. The monoisotopic (exact) mass is 275 g/mol. The maximum atomic E-state index is 13.7. The average molecular weight is 276 g/mol. The first-order valence-electron chi connectivity index (χ1n) is 6.47. The Hall–Kier alpha value is -1.38. The van der Waals surface area contributed by atoms with Crippen molar-refractivity contribution in [1.82, 2.24) is 5.32 Å². The zero-order chi connectivity index (χ0) is 13.2. The summed E-state index contributed by atoms with van der Waals surface area (Å²) in [4.78, 5) is 0. The Bertz CT molecular complexity index is 597. The summed E-state index contributed by atoms with van der Waals surface area (Å²) in [7, 11) is 0. The first-order valence-corrected chi connectivity index (χ1v) is 6.85. The molecule has 1 atom stereocenters. The highest BCUT2D eigenvalue weighted by Gasteiger charge is 2.24. The maximum Gasteiger partial charge on any atom is 0.146 e. The van der Waals surface area contributed by atoms with E-state index in [4.69, 9.17) is 11.6 Å². The average Bonchev–Trinajstić information content (AvgIpc) is 2.39. The molecule has 1 N–H and O–H groups in total. The molecule has 2 aromatic rings. The molecule has 0 heterocycles. The van der Waals surface area contributed by atoms with E-state index in [1.807, 2.05) is 0 Å². The smallest absolute Gasteiger partial charge is 0.146 e. The lowest BCUT2D eigenvalue weighted by Gasteiger charge is -2.30. The van der Waals surface area contributed by atoms with E-state index in [0.29, 0.717) is 18.0 Å². The number of hydrogen-bond acceptors (Lipinski definition) is 1. The minimum absolute atomic E-state index is 0.188. The summed E-state index contributed by atoms with van der Waals surface area (Å²) < 4.78 is 13.7. The van der Waals surface area contributed by atoms with Gasteiger partial charge in [-0.05, 0) is 23.6 Å². The number of nitrogens with one attached hydrogen (secondary N) is 1. The first-order chi connectivity index (χ1) is 9.25. The van der Waals surface area contributed by atoms with Crippen molar-refractivity contribution in [3.63, 3.8) is 0 Å². The molecular weight excluding hydrogens is 261 g/mol. The van der Waals surface area contributed by atoms with Crippen LogP contribution >= 0.6 is 11.6 Å². The molecule has 0 saturated carbocycles. The zero-order valence-electron chi connectivity index (χ0n) is 10.5. The van der Waals surface area contributed by atoms with Crippen molar-refractivity contribution < 1.29 is 4.39 Å². The highest BCUT2D eigenvalue weighted by Crippen LogP contribution is 2.34. The summed E-state index contributed by atoms with van der Waals surface area (Å²) in [6.45, 7) is 1.40. The lowest BCUT2D eigenvalue weighted by atomic mass is 9.77. The van der Waals surface area contributed by atoms with Crippen LogP contribution in [0.25, 0.3) is 0 Å². The van der Waals surface area contributed by atoms with Gasteiger partial charge >= 0.3 is 0 Å². The fourth-order valence-corrected chi connectivity index (χ4v) is 2.80. The molecule has 1 unspecified atom stereocenters. The second-order valence-corrected chi connectivity index (χ2v) is 5.35. The molecule has 0 spiro atoms. The van der Waals surface area contributed by atoms with E-state index in [-0.39, 0.29) is 10.8 Å². The third-order valence-corrected chi connectivity index (χ3v) is 3.99. The van der Waals surface area contributed by atoms with Gasteiger partial charge in [0.05, 0.1) is 5.02 Å². The topological polar surface area (TPSA) is 12.0 Å². The molecule has 0 bridgehead atoms. The van der Waals surface area contributed by atoms with Crippen molar-refractivity contribution in [2.24, 2.45) is 0 Å². The number of benzene rings is 2. The minimum Gasteiger partial charge on any atom is -0.312 e. The van der Waals surface area contributed by atoms with Crippen LogP contribution < -0.4 is 5.32 Å². The van der Waals surface area contributed by atoms with Crippen molar-refractivity contribution in [2.45, 2.75) is 18.9 Å². The second kappa shape index (κ2) is 5.32. The summed E-state index contributed by atoms with van der Waals surface area (Å²) in [6, 6.07) is 13.6. The van der Waals surface area contributed by atoms with E-state index in [1.165, 1.54) is 11.1 Å². The molecule has 1 aliphatic rings. The van der Waals surface area contributed by atoms with Crippen LogP contribution in [0.3, 0.4) is 0 Å². The molecule has 0 aliphatic heterocycles. The summed E-state index contributed by atoms with van der Waals surface area (Å²) >= 11 is 5.76. The van der Waals surface area contributed by atoms with Gasteiger partial charge in [0.1, 0.15) is 5.82 Å². The Morgan fingerprint density at radius 2 is 2.00 bits per heavy atom. The van der Waals surface area contributed by atoms with Crippen LogP contribution in [-0.4, -0.2) is 6.54 Å². The Morgan fingerprint density at radius 1 is 1.16 bits per heavy atom. The highest BCUT2D eigenvalue weighted by molar-refractivity contribution is 6.30. The SMILES string of the molecule is Fc1c(Cl)cccc1CNCC1Cc2ccccc21. The van der Waals surface area contributed by atoms with Crippen LogP contribution in [0.5, 0.6) is 0 Å². The number of halogens is 2. The van der Waals surface area contributed by atoms with E-state index >= 15 is 0 Å². The van der Waals surface area contributed by atoms with Gasteiger partial charge in [0.2, 0.25) is 0 Å². The molecule has 3 rings (SSSR count). The van der Waals surface area contributed by atoms with Gasteiger partial charge in [-0.2, -0.15) is 0 Å². The van der Waals surface area contributed by atoms with E-state index in [1.54, 1.807) is 18.2 Å².